The molecule has 4 nitrogen and oxygen atoms in total. The van der Waals surface area contributed by atoms with E-state index in [2.05, 4.69) is 21.8 Å². The van der Waals surface area contributed by atoms with Crippen LogP contribution in [0.5, 0.6) is 0 Å². The second kappa shape index (κ2) is 6.67. The fourth-order valence-corrected chi connectivity index (χ4v) is 3.64. The summed E-state index contributed by atoms with van der Waals surface area (Å²) in [5, 5.41) is 0. The third-order valence-corrected chi connectivity index (χ3v) is 5.19. The molecular weight excluding hydrogens is 322 g/mol. The molecule has 1 aromatic carbocycles. The number of hydrogen-bond acceptors (Lipinski definition) is 4. The third-order valence-electron chi connectivity index (χ3n) is 5.19. The van der Waals surface area contributed by atoms with Gasteiger partial charge in [0.1, 0.15) is 5.70 Å². The van der Waals surface area contributed by atoms with Gasteiger partial charge in [0.15, 0.2) is 17.5 Å². The molecule has 6 heteroatoms. The minimum atomic E-state index is -0.845. The molecule has 3 aliphatic rings. The Morgan fingerprint density at radius 3 is 2.52 bits per heavy atom. The molecular formula is C19H22F2N4. The Morgan fingerprint density at radius 2 is 1.72 bits per heavy atom. The number of rotatable bonds is 0. The third kappa shape index (κ3) is 3.23. The summed E-state index contributed by atoms with van der Waals surface area (Å²) in [7, 11) is 2.11. The van der Waals surface area contributed by atoms with Gasteiger partial charge in [-0.1, -0.05) is 0 Å². The number of hydrogen-bond donors (Lipinski definition) is 0. The minimum absolute atomic E-state index is 0.528. The van der Waals surface area contributed by atoms with Crippen molar-refractivity contribution in [2.75, 3.05) is 33.2 Å². The SMILES string of the molecule is CN1CCN(C2=Nc3cc(F)c(F)cc3CCC3=C2N=CCC3)CC1. The molecule has 0 aliphatic carbocycles. The van der Waals surface area contributed by atoms with E-state index in [0.717, 1.165) is 62.5 Å². The number of benzene rings is 1. The molecule has 25 heavy (non-hydrogen) atoms. The van der Waals surface area contributed by atoms with Gasteiger partial charge in [0.25, 0.3) is 0 Å². The lowest BCUT2D eigenvalue weighted by Crippen LogP contribution is -2.47. The van der Waals surface area contributed by atoms with Crippen LogP contribution in [0.4, 0.5) is 14.5 Å². The predicted octanol–water partition coefficient (Wildman–Crippen LogP) is 3.31. The Labute approximate surface area is 146 Å². The van der Waals surface area contributed by atoms with Crippen molar-refractivity contribution in [1.82, 2.24) is 9.80 Å². The van der Waals surface area contributed by atoms with Crippen LogP contribution in [-0.4, -0.2) is 55.1 Å². The van der Waals surface area contributed by atoms with Crippen molar-refractivity contribution in [2.45, 2.75) is 25.7 Å². The monoisotopic (exact) mass is 344 g/mol. The van der Waals surface area contributed by atoms with Gasteiger partial charge >= 0.3 is 0 Å². The summed E-state index contributed by atoms with van der Waals surface area (Å²) < 4.78 is 27.5. The second-order valence-corrected chi connectivity index (χ2v) is 6.92. The average Bonchev–Trinajstić information content (AvgIpc) is 2.61. The Balaban J connectivity index is 1.81. The molecule has 3 heterocycles. The quantitative estimate of drug-likeness (QED) is 0.723. The van der Waals surface area contributed by atoms with Gasteiger partial charge in [-0.2, -0.15) is 0 Å². The Kier molecular flexibility index (Phi) is 4.37. The molecule has 0 amide bonds. The zero-order chi connectivity index (χ0) is 17.4. The van der Waals surface area contributed by atoms with Gasteiger partial charge in [0.05, 0.1) is 5.69 Å². The van der Waals surface area contributed by atoms with Crippen molar-refractivity contribution in [3.63, 3.8) is 0 Å². The standard InChI is InChI=1S/C19H22F2N4/c1-24-7-9-25(10-8-24)19-18-13(3-2-6-22-18)4-5-14-11-15(20)16(21)12-17(14)23-19/h6,11-12H,2-5,7-10H2,1H3. The summed E-state index contributed by atoms with van der Waals surface area (Å²) >= 11 is 0. The zero-order valence-corrected chi connectivity index (χ0v) is 14.4. The van der Waals surface area contributed by atoms with Crippen LogP contribution in [0.1, 0.15) is 24.8 Å². The molecule has 0 bridgehead atoms. The number of likely N-dealkylation sites (N-methyl/N-ethyl adjacent to an activating group) is 1. The highest BCUT2D eigenvalue weighted by Crippen LogP contribution is 2.33. The number of allylic oxidation sites excluding steroid dienone is 1. The molecule has 0 saturated carbocycles. The fraction of sp³-hybridized carbons (Fsp3) is 0.474. The number of piperazine rings is 1. The van der Waals surface area contributed by atoms with Crippen LogP contribution < -0.4 is 0 Å². The maximum absolute atomic E-state index is 13.8. The lowest BCUT2D eigenvalue weighted by atomic mass is 9.95. The number of aryl methyl sites for hydroxylation is 1. The topological polar surface area (TPSA) is 31.2 Å². The van der Waals surface area contributed by atoms with Crippen molar-refractivity contribution < 1.29 is 8.78 Å². The highest BCUT2D eigenvalue weighted by molar-refractivity contribution is 6.02. The summed E-state index contributed by atoms with van der Waals surface area (Å²) in [6.07, 6.45) is 5.32. The highest BCUT2D eigenvalue weighted by Gasteiger charge is 2.26. The Hall–Kier alpha value is -2.08. The van der Waals surface area contributed by atoms with Gasteiger partial charge in [0.2, 0.25) is 0 Å². The van der Waals surface area contributed by atoms with E-state index in [0.29, 0.717) is 12.1 Å². The zero-order valence-electron chi connectivity index (χ0n) is 14.4. The van der Waals surface area contributed by atoms with E-state index in [1.165, 1.54) is 17.7 Å². The van der Waals surface area contributed by atoms with E-state index in [9.17, 15) is 8.78 Å². The maximum Gasteiger partial charge on any atom is 0.160 e. The normalized spacial score (nSPS) is 21.4. The van der Waals surface area contributed by atoms with Crippen LogP contribution in [0.15, 0.2) is 33.4 Å². The molecule has 1 fully saturated rings. The highest BCUT2D eigenvalue weighted by atomic mass is 19.2. The number of aliphatic imine (C=N–C) groups is 2. The summed E-state index contributed by atoms with van der Waals surface area (Å²) in [4.78, 5) is 13.9. The first-order chi connectivity index (χ1) is 12.1. The van der Waals surface area contributed by atoms with Crippen molar-refractivity contribution >= 4 is 17.7 Å². The van der Waals surface area contributed by atoms with E-state index in [4.69, 9.17) is 4.99 Å². The van der Waals surface area contributed by atoms with Gasteiger partial charge in [0, 0.05) is 38.5 Å². The number of halogens is 2. The van der Waals surface area contributed by atoms with Crippen LogP contribution >= 0.6 is 0 Å². The van der Waals surface area contributed by atoms with Gasteiger partial charge in [-0.15, -0.1) is 0 Å². The first-order valence-corrected chi connectivity index (χ1v) is 8.87. The van der Waals surface area contributed by atoms with Crippen molar-refractivity contribution in [3.05, 3.63) is 40.6 Å². The Bertz CT molecular complexity index is 774. The minimum Gasteiger partial charge on any atom is -0.352 e. The van der Waals surface area contributed by atoms with Crippen LogP contribution in [0, 0.1) is 11.6 Å². The average molecular weight is 344 g/mol. The van der Waals surface area contributed by atoms with Crippen molar-refractivity contribution in [3.8, 4) is 0 Å². The molecule has 0 atom stereocenters. The molecule has 3 aliphatic heterocycles. The molecule has 1 saturated heterocycles. The van der Waals surface area contributed by atoms with E-state index in [1.54, 1.807) is 0 Å². The molecule has 0 spiro atoms. The maximum atomic E-state index is 13.8. The summed E-state index contributed by atoms with van der Waals surface area (Å²) in [6.45, 7) is 3.63. The van der Waals surface area contributed by atoms with Gasteiger partial charge in [-0.25, -0.2) is 13.8 Å². The van der Waals surface area contributed by atoms with Gasteiger partial charge in [-0.05, 0) is 49.9 Å². The smallest absolute Gasteiger partial charge is 0.160 e. The molecule has 0 aromatic heterocycles. The number of nitrogens with zero attached hydrogens (tertiary/aromatic N) is 4. The van der Waals surface area contributed by atoms with Gasteiger partial charge in [-0.3, -0.25) is 4.99 Å². The lowest BCUT2D eigenvalue weighted by molar-refractivity contribution is 0.215. The molecule has 4 rings (SSSR count). The Morgan fingerprint density at radius 1 is 0.960 bits per heavy atom. The van der Waals surface area contributed by atoms with E-state index >= 15 is 0 Å². The molecule has 0 unspecified atom stereocenters. The number of fused-ring (bicyclic) bond motifs is 1. The van der Waals surface area contributed by atoms with Crippen LogP contribution in [0.25, 0.3) is 0 Å². The molecule has 0 radical (unpaired) electrons. The number of amidine groups is 1. The fourth-order valence-electron chi connectivity index (χ4n) is 3.64. The van der Waals surface area contributed by atoms with Crippen LogP contribution in [0.3, 0.4) is 0 Å². The van der Waals surface area contributed by atoms with E-state index in [-0.39, 0.29) is 0 Å². The summed E-state index contributed by atoms with van der Waals surface area (Å²) in [5.41, 5.74) is 3.51. The summed E-state index contributed by atoms with van der Waals surface area (Å²) in [6, 6.07) is 2.52. The largest absolute Gasteiger partial charge is 0.352 e. The lowest BCUT2D eigenvalue weighted by Gasteiger charge is -2.36. The van der Waals surface area contributed by atoms with Crippen molar-refractivity contribution in [1.29, 1.82) is 0 Å². The second-order valence-electron chi connectivity index (χ2n) is 6.92. The first kappa shape index (κ1) is 16.4. The van der Waals surface area contributed by atoms with Crippen LogP contribution in [0.2, 0.25) is 0 Å². The van der Waals surface area contributed by atoms with Gasteiger partial charge < -0.3 is 9.80 Å². The van der Waals surface area contributed by atoms with Crippen molar-refractivity contribution in [2.24, 2.45) is 9.98 Å². The van der Waals surface area contributed by atoms with E-state index < -0.39 is 11.6 Å². The molecule has 1 aromatic rings. The van der Waals surface area contributed by atoms with E-state index in [1.807, 2.05) is 6.21 Å². The molecule has 132 valence electrons. The summed E-state index contributed by atoms with van der Waals surface area (Å²) in [5.74, 6) is -0.834. The predicted molar refractivity (Wildman–Crippen MR) is 95.6 cm³/mol. The van der Waals surface area contributed by atoms with Crippen LogP contribution in [-0.2, 0) is 6.42 Å². The first-order valence-electron chi connectivity index (χ1n) is 8.87. The molecule has 0 N–H and O–H groups in total.